The molecule has 0 rings (SSSR count). The molecule has 11 heavy (non-hydrogen) atoms. The van der Waals surface area contributed by atoms with Crippen molar-refractivity contribution in [1.82, 2.24) is 5.32 Å². The number of nitrogens with one attached hydrogen (secondary N) is 1. The monoisotopic (exact) mass is 163 g/mol. The standard InChI is InChI=1S/C6H13NO4/c1-11-5(3-8)2-7-6(10)4-9/h5,8-9H,2-4H2,1H3,(H,7,10). The lowest BCUT2D eigenvalue weighted by Gasteiger charge is -2.11. The number of hydrogen-bond acceptors (Lipinski definition) is 4. The van der Waals surface area contributed by atoms with E-state index in [9.17, 15) is 4.79 Å². The Labute approximate surface area is 65.0 Å². The summed E-state index contributed by atoms with van der Waals surface area (Å²) in [5.74, 6) is -0.472. The molecule has 1 amide bonds. The lowest BCUT2D eigenvalue weighted by atomic mass is 10.4. The van der Waals surface area contributed by atoms with Crippen molar-refractivity contribution in [3.8, 4) is 0 Å². The predicted molar refractivity (Wildman–Crippen MR) is 38.0 cm³/mol. The largest absolute Gasteiger partial charge is 0.394 e. The third-order valence-corrected chi connectivity index (χ3v) is 1.21. The number of aliphatic hydroxyl groups is 2. The van der Waals surface area contributed by atoms with Crippen LogP contribution in [0.2, 0.25) is 0 Å². The molecular formula is C6H13NO4. The van der Waals surface area contributed by atoms with Gasteiger partial charge in [-0.1, -0.05) is 0 Å². The molecule has 0 aromatic heterocycles. The second kappa shape index (κ2) is 6.09. The van der Waals surface area contributed by atoms with Crippen LogP contribution in [-0.4, -0.2) is 49.1 Å². The SMILES string of the molecule is COC(CO)CNC(=O)CO. The lowest BCUT2D eigenvalue weighted by Crippen LogP contribution is -2.36. The molecule has 0 aromatic carbocycles. The van der Waals surface area contributed by atoms with Gasteiger partial charge >= 0.3 is 0 Å². The molecule has 0 saturated heterocycles. The first-order valence-corrected chi connectivity index (χ1v) is 3.25. The number of hydrogen-bond donors (Lipinski definition) is 3. The van der Waals surface area contributed by atoms with Gasteiger partial charge in [-0.2, -0.15) is 0 Å². The summed E-state index contributed by atoms with van der Waals surface area (Å²) >= 11 is 0. The second-order valence-corrected chi connectivity index (χ2v) is 2.00. The Morgan fingerprint density at radius 1 is 1.64 bits per heavy atom. The first-order valence-electron chi connectivity index (χ1n) is 3.25. The molecule has 0 aliphatic heterocycles. The van der Waals surface area contributed by atoms with Crippen LogP contribution in [0.25, 0.3) is 0 Å². The van der Waals surface area contributed by atoms with Crippen molar-refractivity contribution < 1.29 is 19.7 Å². The Morgan fingerprint density at radius 2 is 2.27 bits per heavy atom. The summed E-state index contributed by atoms with van der Waals surface area (Å²) in [4.78, 5) is 10.4. The lowest BCUT2D eigenvalue weighted by molar-refractivity contribution is -0.124. The van der Waals surface area contributed by atoms with Crippen molar-refractivity contribution in [2.75, 3.05) is 26.9 Å². The van der Waals surface area contributed by atoms with Crippen LogP contribution in [-0.2, 0) is 9.53 Å². The van der Waals surface area contributed by atoms with E-state index in [0.717, 1.165) is 0 Å². The number of aliphatic hydroxyl groups excluding tert-OH is 2. The fourth-order valence-corrected chi connectivity index (χ4v) is 0.506. The Morgan fingerprint density at radius 3 is 2.64 bits per heavy atom. The van der Waals surface area contributed by atoms with Gasteiger partial charge in [-0.25, -0.2) is 0 Å². The van der Waals surface area contributed by atoms with Gasteiger partial charge in [0.25, 0.3) is 0 Å². The van der Waals surface area contributed by atoms with E-state index in [1.54, 1.807) is 0 Å². The molecule has 0 saturated carbocycles. The quantitative estimate of drug-likeness (QED) is 0.442. The number of rotatable bonds is 5. The molecule has 1 atom stereocenters. The van der Waals surface area contributed by atoms with Crippen LogP contribution in [0, 0.1) is 0 Å². The van der Waals surface area contributed by atoms with Gasteiger partial charge < -0.3 is 20.3 Å². The summed E-state index contributed by atoms with van der Waals surface area (Å²) in [7, 11) is 1.44. The van der Waals surface area contributed by atoms with E-state index in [2.05, 4.69) is 5.32 Å². The number of ether oxygens (including phenoxy) is 1. The van der Waals surface area contributed by atoms with Gasteiger partial charge in [-0.3, -0.25) is 4.79 Å². The Bertz CT molecular complexity index is 113. The molecule has 5 heteroatoms. The minimum atomic E-state index is -0.540. The Balaban J connectivity index is 3.42. The van der Waals surface area contributed by atoms with Crippen LogP contribution in [0.3, 0.4) is 0 Å². The van der Waals surface area contributed by atoms with E-state index >= 15 is 0 Å². The van der Waals surface area contributed by atoms with Crippen LogP contribution >= 0.6 is 0 Å². The van der Waals surface area contributed by atoms with Crippen LogP contribution in [0.5, 0.6) is 0 Å². The van der Waals surface area contributed by atoms with Crippen molar-refractivity contribution in [2.45, 2.75) is 6.10 Å². The van der Waals surface area contributed by atoms with E-state index in [4.69, 9.17) is 14.9 Å². The molecule has 0 radical (unpaired) electrons. The number of carbonyl (C=O) groups excluding carboxylic acids is 1. The average Bonchev–Trinajstić information content (AvgIpc) is 2.06. The van der Waals surface area contributed by atoms with Gasteiger partial charge in [-0.05, 0) is 0 Å². The minimum absolute atomic E-state index is 0.151. The van der Waals surface area contributed by atoms with Crippen LogP contribution in [0.1, 0.15) is 0 Å². The Kier molecular flexibility index (Phi) is 5.73. The molecule has 1 unspecified atom stereocenters. The fraction of sp³-hybridized carbons (Fsp3) is 0.833. The highest BCUT2D eigenvalue weighted by Crippen LogP contribution is 1.84. The fourth-order valence-electron chi connectivity index (χ4n) is 0.506. The third kappa shape index (κ3) is 4.72. The minimum Gasteiger partial charge on any atom is -0.394 e. The predicted octanol–water partition coefficient (Wildman–Crippen LogP) is -1.90. The van der Waals surface area contributed by atoms with E-state index < -0.39 is 18.6 Å². The zero-order valence-corrected chi connectivity index (χ0v) is 6.41. The van der Waals surface area contributed by atoms with Crippen LogP contribution in [0.15, 0.2) is 0 Å². The molecule has 0 heterocycles. The second-order valence-electron chi connectivity index (χ2n) is 2.00. The molecule has 0 spiro atoms. The molecule has 3 N–H and O–H groups in total. The zero-order valence-electron chi connectivity index (χ0n) is 6.41. The van der Waals surface area contributed by atoms with Crippen molar-refractivity contribution in [1.29, 1.82) is 0 Å². The summed E-state index contributed by atoms with van der Waals surface area (Å²) in [5, 5.41) is 19.2. The van der Waals surface area contributed by atoms with Crippen molar-refractivity contribution in [2.24, 2.45) is 0 Å². The van der Waals surface area contributed by atoms with Crippen molar-refractivity contribution in [3.05, 3.63) is 0 Å². The first-order chi connectivity index (χ1) is 5.24. The molecule has 0 fully saturated rings. The number of carbonyl (C=O) groups is 1. The molecule has 0 aromatic rings. The van der Waals surface area contributed by atoms with Crippen LogP contribution < -0.4 is 5.32 Å². The van der Waals surface area contributed by atoms with E-state index in [0.29, 0.717) is 0 Å². The molecule has 0 aliphatic rings. The van der Waals surface area contributed by atoms with Gasteiger partial charge in [0.15, 0.2) is 0 Å². The van der Waals surface area contributed by atoms with Gasteiger partial charge in [0.1, 0.15) is 6.61 Å². The maximum Gasteiger partial charge on any atom is 0.245 e. The highest BCUT2D eigenvalue weighted by molar-refractivity contribution is 5.76. The van der Waals surface area contributed by atoms with Gasteiger partial charge in [-0.15, -0.1) is 0 Å². The zero-order chi connectivity index (χ0) is 8.69. The van der Waals surface area contributed by atoms with Gasteiger partial charge in [0.05, 0.1) is 12.7 Å². The highest BCUT2D eigenvalue weighted by atomic mass is 16.5. The maximum absolute atomic E-state index is 10.4. The van der Waals surface area contributed by atoms with Gasteiger partial charge in [0.2, 0.25) is 5.91 Å². The summed E-state index contributed by atoms with van der Waals surface area (Å²) < 4.78 is 4.75. The average molecular weight is 163 g/mol. The summed E-state index contributed by atoms with van der Waals surface area (Å²) in [6, 6.07) is 0. The molecule has 0 aliphatic carbocycles. The summed E-state index contributed by atoms with van der Waals surface area (Å²) in [6.07, 6.45) is -0.398. The van der Waals surface area contributed by atoms with Crippen LogP contribution in [0.4, 0.5) is 0 Å². The highest BCUT2D eigenvalue weighted by Gasteiger charge is 2.06. The van der Waals surface area contributed by atoms with E-state index in [-0.39, 0.29) is 13.2 Å². The first kappa shape index (κ1) is 10.3. The van der Waals surface area contributed by atoms with Crippen molar-refractivity contribution >= 4 is 5.91 Å². The van der Waals surface area contributed by atoms with E-state index in [1.807, 2.05) is 0 Å². The third-order valence-electron chi connectivity index (χ3n) is 1.21. The summed E-state index contributed by atoms with van der Waals surface area (Å²) in [6.45, 7) is -0.476. The normalized spacial score (nSPS) is 12.6. The number of methoxy groups -OCH3 is 1. The molecule has 0 bridgehead atoms. The molecule has 66 valence electrons. The number of amides is 1. The molecular weight excluding hydrogens is 150 g/mol. The Hall–Kier alpha value is -0.650. The molecule has 5 nitrogen and oxygen atoms in total. The smallest absolute Gasteiger partial charge is 0.245 e. The maximum atomic E-state index is 10.4. The van der Waals surface area contributed by atoms with Gasteiger partial charge in [0, 0.05) is 13.7 Å². The summed E-state index contributed by atoms with van der Waals surface area (Å²) in [5.41, 5.74) is 0. The topological polar surface area (TPSA) is 78.8 Å². The van der Waals surface area contributed by atoms with Crippen molar-refractivity contribution in [3.63, 3.8) is 0 Å². The van der Waals surface area contributed by atoms with E-state index in [1.165, 1.54) is 7.11 Å².